The average Bonchev–Trinajstić information content (AvgIpc) is 3.51. The van der Waals surface area contributed by atoms with E-state index in [1.165, 1.54) is 35.7 Å². The van der Waals surface area contributed by atoms with Crippen LogP contribution in [0.3, 0.4) is 0 Å². The first-order valence-electron chi connectivity index (χ1n) is 8.40. The van der Waals surface area contributed by atoms with Gasteiger partial charge in [0.2, 0.25) is 16.1 Å². The summed E-state index contributed by atoms with van der Waals surface area (Å²) in [5.74, 6) is -1.38. The first kappa shape index (κ1) is 18.8. The Morgan fingerprint density at radius 2 is 1.92 bits per heavy atom. The van der Waals surface area contributed by atoms with Crippen LogP contribution >= 0.6 is 0 Å². The van der Waals surface area contributed by atoms with Crippen LogP contribution < -0.4 is 0 Å². The van der Waals surface area contributed by atoms with Gasteiger partial charge in [0.25, 0.3) is 0 Å². The van der Waals surface area contributed by atoms with Crippen LogP contribution in [0.5, 0.6) is 0 Å². The largest absolute Gasteiger partial charge is 0.466 e. The molecule has 142 valence electrons. The molecule has 2 fully saturated rings. The second-order valence-electron chi connectivity index (χ2n) is 6.23. The van der Waals surface area contributed by atoms with E-state index in [1.54, 1.807) is 0 Å². The fourth-order valence-electron chi connectivity index (χ4n) is 2.75. The van der Waals surface area contributed by atoms with Crippen molar-refractivity contribution in [2.75, 3.05) is 33.4 Å². The number of hydrogen-bond donors (Lipinski definition) is 0. The van der Waals surface area contributed by atoms with Gasteiger partial charge in [0.05, 0.1) is 30.8 Å². The Balaban J connectivity index is 1.77. The average molecular weight is 383 g/mol. The van der Waals surface area contributed by atoms with Gasteiger partial charge in [-0.15, -0.1) is 0 Å². The molecule has 1 saturated heterocycles. The van der Waals surface area contributed by atoms with Gasteiger partial charge in [0.15, 0.2) is 0 Å². The van der Waals surface area contributed by atoms with E-state index in [0.29, 0.717) is 13.2 Å². The summed E-state index contributed by atoms with van der Waals surface area (Å²) in [6.45, 7) is 1.21. The fourth-order valence-corrected chi connectivity index (χ4v) is 4.21. The number of morpholine rings is 1. The Morgan fingerprint density at radius 3 is 2.54 bits per heavy atom. The Morgan fingerprint density at radius 1 is 1.23 bits per heavy atom. The molecule has 1 heterocycles. The van der Waals surface area contributed by atoms with Gasteiger partial charge in [-0.05, 0) is 31.0 Å². The number of carbonyl (C=O) groups is 2. The summed E-state index contributed by atoms with van der Waals surface area (Å²) in [4.78, 5) is 24.2. The standard InChI is InChI=1S/C17H21NO7S/c1-23-17(20)15(12-5-6-12)25-16(19)13-3-2-4-14(11-13)26(21,22)18-7-9-24-10-8-18/h2-4,11-12,15H,5-10H2,1H3/t15-/m0/s1. The maximum Gasteiger partial charge on any atom is 0.347 e. The number of nitrogens with zero attached hydrogens (tertiary/aromatic N) is 1. The minimum absolute atomic E-state index is 0.00916. The van der Waals surface area contributed by atoms with Crippen LogP contribution in [-0.2, 0) is 29.0 Å². The summed E-state index contributed by atoms with van der Waals surface area (Å²) in [5, 5.41) is 0. The Hall–Kier alpha value is -1.97. The zero-order chi connectivity index (χ0) is 18.7. The van der Waals surface area contributed by atoms with Crippen molar-refractivity contribution in [3.05, 3.63) is 29.8 Å². The molecule has 8 nitrogen and oxygen atoms in total. The van der Waals surface area contributed by atoms with Crippen LogP contribution in [0.15, 0.2) is 29.2 Å². The Kier molecular flexibility index (Phi) is 5.59. The highest BCUT2D eigenvalue weighted by molar-refractivity contribution is 7.89. The van der Waals surface area contributed by atoms with Crippen molar-refractivity contribution < 1.29 is 32.2 Å². The number of carbonyl (C=O) groups excluding carboxylic acids is 2. The number of benzene rings is 1. The van der Waals surface area contributed by atoms with Crippen molar-refractivity contribution in [3.63, 3.8) is 0 Å². The molecule has 1 aromatic rings. The highest BCUT2D eigenvalue weighted by Crippen LogP contribution is 2.35. The maximum atomic E-state index is 12.7. The molecule has 0 unspecified atom stereocenters. The Bertz CT molecular complexity index is 782. The molecule has 1 aliphatic heterocycles. The topological polar surface area (TPSA) is 99.2 Å². The van der Waals surface area contributed by atoms with Crippen LogP contribution in [0, 0.1) is 5.92 Å². The van der Waals surface area contributed by atoms with Gasteiger partial charge in [0.1, 0.15) is 0 Å². The number of ether oxygens (including phenoxy) is 3. The third kappa shape index (κ3) is 4.05. The number of sulfonamides is 1. The summed E-state index contributed by atoms with van der Waals surface area (Å²) >= 11 is 0. The molecule has 1 aromatic carbocycles. The lowest BCUT2D eigenvalue weighted by Crippen LogP contribution is -2.40. The van der Waals surface area contributed by atoms with Crippen LogP contribution in [0.1, 0.15) is 23.2 Å². The number of rotatable bonds is 6. The number of methoxy groups -OCH3 is 1. The van der Waals surface area contributed by atoms with Crippen molar-refractivity contribution in [3.8, 4) is 0 Å². The third-order valence-electron chi connectivity index (χ3n) is 4.40. The molecule has 1 saturated carbocycles. The van der Waals surface area contributed by atoms with Crippen molar-refractivity contribution >= 4 is 22.0 Å². The zero-order valence-corrected chi connectivity index (χ0v) is 15.2. The first-order chi connectivity index (χ1) is 12.4. The molecule has 0 amide bonds. The smallest absolute Gasteiger partial charge is 0.347 e. The molecule has 9 heteroatoms. The van der Waals surface area contributed by atoms with Crippen LogP contribution in [0.2, 0.25) is 0 Å². The van der Waals surface area contributed by atoms with E-state index < -0.39 is 28.1 Å². The number of hydrogen-bond acceptors (Lipinski definition) is 7. The molecule has 26 heavy (non-hydrogen) atoms. The normalized spacial score (nSPS) is 19.6. The predicted octanol–water partition coefficient (Wildman–Crippen LogP) is 0.816. The molecule has 0 spiro atoms. The molecule has 3 rings (SSSR count). The van der Waals surface area contributed by atoms with E-state index in [1.807, 2.05) is 0 Å². The summed E-state index contributed by atoms with van der Waals surface area (Å²) in [5.41, 5.74) is 0.0777. The lowest BCUT2D eigenvalue weighted by molar-refractivity contribution is -0.152. The monoisotopic (exact) mass is 383 g/mol. The molecule has 1 atom stereocenters. The molecular weight excluding hydrogens is 362 g/mol. The summed E-state index contributed by atoms with van der Waals surface area (Å²) < 4.78 is 41.9. The van der Waals surface area contributed by atoms with Crippen LogP contribution in [0.25, 0.3) is 0 Å². The summed E-state index contributed by atoms with van der Waals surface area (Å²) in [7, 11) is -2.48. The van der Waals surface area contributed by atoms with Gasteiger partial charge in [0, 0.05) is 19.0 Å². The van der Waals surface area contributed by atoms with E-state index in [9.17, 15) is 18.0 Å². The van der Waals surface area contributed by atoms with Crippen molar-refractivity contribution in [1.29, 1.82) is 0 Å². The minimum atomic E-state index is -3.72. The first-order valence-corrected chi connectivity index (χ1v) is 9.84. The van der Waals surface area contributed by atoms with E-state index in [2.05, 4.69) is 4.74 Å². The molecule has 0 aromatic heterocycles. The van der Waals surface area contributed by atoms with Gasteiger partial charge in [-0.2, -0.15) is 4.31 Å². The van der Waals surface area contributed by atoms with Crippen molar-refractivity contribution in [2.24, 2.45) is 5.92 Å². The minimum Gasteiger partial charge on any atom is -0.466 e. The molecule has 0 bridgehead atoms. The second-order valence-corrected chi connectivity index (χ2v) is 8.17. The lowest BCUT2D eigenvalue weighted by Gasteiger charge is -2.26. The third-order valence-corrected chi connectivity index (χ3v) is 6.29. The van der Waals surface area contributed by atoms with E-state index in [-0.39, 0.29) is 29.5 Å². The highest BCUT2D eigenvalue weighted by atomic mass is 32.2. The quantitative estimate of drug-likeness (QED) is 0.671. The zero-order valence-electron chi connectivity index (χ0n) is 14.4. The van der Waals surface area contributed by atoms with E-state index in [0.717, 1.165) is 12.8 Å². The Labute approximate surface area is 152 Å². The molecule has 2 aliphatic rings. The predicted molar refractivity (Wildman–Crippen MR) is 90.0 cm³/mol. The van der Waals surface area contributed by atoms with Gasteiger partial charge in [-0.3, -0.25) is 0 Å². The molecule has 0 radical (unpaired) electrons. The van der Waals surface area contributed by atoms with Crippen LogP contribution in [-0.4, -0.2) is 64.2 Å². The lowest BCUT2D eigenvalue weighted by atomic mass is 10.2. The summed E-state index contributed by atoms with van der Waals surface area (Å²) in [6.07, 6.45) is 0.629. The molecular formula is C17H21NO7S. The van der Waals surface area contributed by atoms with Gasteiger partial charge in [-0.25, -0.2) is 18.0 Å². The van der Waals surface area contributed by atoms with Crippen molar-refractivity contribution in [1.82, 2.24) is 4.31 Å². The van der Waals surface area contributed by atoms with E-state index in [4.69, 9.17) is 9.47 Å². The molecule has 1 aliphatic carbocycles. The van der Waals surface area contributed by atoms with Gasteiger partial charge in [-0.1, -0.05) is 6.07 Å². The summed E-state index contributed by atoms with van der Waals surface area (Å²) in [6, 6.07) is 5.64. The highest BCUT2D eigenvalue weighted by Gasteiger charge is 2.40. The van der Waals surface area contributed by atoms with E-state index >= 15 is 0 Å². The fraction of sp³-hybridized carbons (Fsp3) is 0.529. The van der Waals surface area contributed by atoms with Gasteiger partial charge < -0.3 is 14.2 Å². The SMILES string of the molecule is COC(=O)[C@@H](OC(=O)c1cccc(S(=O)(=O)N2CCOCC2)c1)C1CC1. The van der Waals surface area contributed by atoms with Gasteiger partial charge >= 0.3 is 11.9 Å². The second kappa shape index (κ2) is 7.73. The molecule has 0 N–H and O–H groups in total. The number of esters is 2. The maximum absolute atomic E-state index is 12.7. The van der Waals surface area contributed by atoms with Crippen molar-refractivity contribution in [2.45, 2.75) is 23.8 Å². The van der Waals surface area contributed by atoms with Crippen LogP contribution in [0.4, 0.5) is 0 Å².